The van der Waals surface area contributed by atoms with Gasteiger partial charge in [0.2, 0.25) is 0 Å². The second kappa shape index (κ2) is 3.66. The third kappa shape index (κ3) is 1.92. The van der Waals surface area contributed by atoms with Crippen LogP contribution in [-0.2, 0) is 0 Å². The van der Waals surface area contributed by atoms with Crippen LogP contribution >= 0.6 is 15.9 Å². The number of rotatable bonds is 2. The van der Waals surface area contributed by atoms with Crippen molar-refractivity contribution < 1.29 is 20.1 Å². The molecule has 1 aromatic carbocycles. The van der Waals surface area contributed by atoms with Gasteiger partial charge >= 0.3 is 0 Å². The number of hydrogen-bond donors (Lipinski definition) is 3. The fourth-order valence-corrected chi connectivity index (χ4v) is 1.23. The molecule has 13 heavy (non-hydrogen) atoms. The first-order chi connectivity index (χ1) is 6.06. The molecule has 4 nitrogen and oxygen atoms in total. The fraction of sp³-hybridized carbons (Fsp3) is 0.125. The summed E-state index contributed by atoms with van der Waals surface area (Å²) < 4.78 is 0. The van der Waals surface area contributed by atoms with E-state index in [-0.39, 0.29) is 16.6 Å². The summed E-state index contributed by atoms with van der Waals surface area (Å²) in [5.41, 5.74) is -0.185. The highest BCUT2D eigenvalue weighted by Gasteiger charge is 2.16. The average Bonchev–Trinajstić information content (AvgIpc) is 2.02. The molecule has 0 spiro atoms. The number of aromatic hydroxyl groups is 3. The number of phenols is 3. The van der Waals surface area contributed by atoms with Gasteiger partial charge in [0, 0.05) is 12.1 Å². The number of hydrogen-bond acceptors (Lipinski definition) is 4. The van der Waals surface area contributed by atoms with E-state index in [1.54, 1.807) is 0 Å². The molecule has 3 N–H and O–H groups in total. The maximum atomic E-state index is 11.1. The number of carbonyl (C=O) groups excluding carboxylic acids is 1. The van der Waals surface area contributed by atoms with E-state index >= 15 is 0 Å². The van der Waals surface area contributed by atoms with Crippen LogP contribution < -0.4 is 0 Å². The van der Waals surface area contributed by atoms with Crippen LogP contribution in [0.1, 0.15) is 10.4 Å². The van der Waals surface area contributed by atoms with Crippen LogP contribution in [0.4, 0.5) is 0 Å². The minimum absolute atomic E-state index is 0.00110. The largest absolute Gasteiger partial charge is 0.508 e. The van der Waals surface area contributed by atoms with Crippen LogP contribution in [0.25, 0.3) is 0 Å². The lowest BCUT2D eigenvalue weighted by Crippen LogP contribution is -2.00. The molecule has 0 aliphatic rings. The van der Waals surface area contributed by atoms with E-state index < -0.39 is 17.3 Å². The van der Waals surface area contributed by atoms with E-state index in [9.17, 15) is 15.0 Å². The zero-order valence-corrected chi connectivity index (χ0v) is 8.08. The van der Waals surface area contributed by atoms with Crippen molar-refractivity contribution >= 4 is 21.7 Å². The zero-order chi connectivity index (χ0) is 10.0. The summed E-state index contributed by atoms with van der Waals surface area (Å²) in [6.07, 6.45) is 0. The Labute approximate surface area is 82.6 Å². The molecule has 0 fully saturated rings. The van der Waals surface area contributed by atoms with Crippen LogP contribution in [0.5, 0.6) is 17.2 Å². The Morgan fingerprint density at radius 3 is 2.08 bits per heavy atom. The normalized spacial score (nSPS) is 9.92. The van der Waals surface area contributed by atoms with Crippen molar-refractivity contribution in [1.82, 2.24) is 0 Å². The van der Waals surface area contributed by atoms with Crippen LogP contribution in [0.3, 0.4) is 0 Å². The van der Waals surface area contributed by atoms with Gasteiger partial charge in [-0.25, -0.2) is 0 Å². The summed E-state index contributed by atoms with van der Waals surface area (Å²) in [5.74, 6) is -1.60. The molecule has 0 saturated carbocycles. The number of ketones is 1. The summed E-state index contributed by atoms with van der Waals surface area (Å²) in [6, 6.07) is 1.99. The van der Waals surface area contributed by atoms with Gasteiger partial charge in [0.1, 0.15) is 22.8 Å². The Hall–Kier alpha value is -1.23. The molecule has 0 saturated heterocycles. The van der Waals surface area contributed by atoms with Gasteiger partial charge in [-0.15, -0.1) is 0 Å². The molecule has 1 aromatic rings. The van der Waals surface area contributed by atoms with Gasteiger partial charge in [0.15, 0.2) is 5.78 Å². The quantitative estimate of drug-likeness (QED) is 0.545. The van der Waals surface area contributed by atoms with Gasteiger partial charge < -0.3 is 15.3 Å². The van der Waals surface area contributed by atoms with Crippen LogP contribution in [0, 0.1) is 0 Å². The number of Topliss-reactive ketones (excluding diaryl/α,β-unsaturated/α-hetero) is 1. The SMILES string of the molecule is O=C(CBr)c1c(O)cc(O)cc1O. The maximum absolute atomic E-state index is 11.1. The highest BCUT2D eigenvalue weighted by Crippen LogP contribution is 2.32. The minimum atomic E-state index is -0.449. The van der Waals surface area contributed by atoms with Crippen molar-refractivity contribution in [2.45, 2.75) is 0 Å². The molecular weight excluding hydrogens is 240 g/mol. The first kappa shape index (κ1) is 9.85. The van der Waals surface area contributed by atoms with E-state index in [4.69, 9.17) is 5.11 Å². The smallest absolute Gasteiger partial charge is 0.180 e. The Morgan fingerprint density at radius 2 is 1.69 bits per heavy atom. The highest BCUT2D eigenvalue weighted by atomic mass is 79.9. The molecule has 0 bridgehead atoms. The van der Waals surface area contributed by atoms with Crippen molar-refractivity contribution in [3.05, 3.63) is 17.7 Å². The summed E-state index contributed by atoms with van der Waals surface area (Å²) in [7, 11) is 0. The van der Waals surface area contributed by atoms with Crippen molar-refractivity contribution in [2.75, 3.05) is 5.33 Å². The molecule has 0 heterocycles. The molecule has 0 amide bonds. The minimum Gasteiger partial charge on any atom is -0.508 e. The van der Waals surface area contributed by atoms with Crippen LogP contribution in [0.15, 0.2) is 12.1 Å². The van der Waals surface area contributed by atoms with E-state index in [0.29, 0.717) is 0 Å². The standard InChI is InChI=1S/C8H7BrO4/c9-3-7(13)8-5(11)1-4(10)2-6(8)12/h1-2,10-12H,3H2. The van der Waals surface area contributed by atoms with Gasteiger partial charge in [0.25, 0.3) is 0 Å². The fourth-order valence-electron chi connectivity index (χ4n) is 0.950. The molecule has 0 aliphatic heterocycles. The summed E-state index contributed by atoms with van der Waals surface area (Å²) in [6.45, 7) is 0. The molecule has 5 heteroatoms. The first-order valence-corrected chi connectivity index (χ1v) is 4.52. The van der Waals surface area contributed by atoms with Crippen molar-refractivity contribution in [2.24, 2.45) is 0 Å². The first-order valence-electron chi connectivity index (χ1n) is 3.40. The van der Waals surface area contributed by atoms with Gasteiger partial charge in [-0.1, -0.05) is 15.9 Å². The zero-order valence-electron chi connectivity index (χ0n) is 6.49. The van der Waals surface area contributed by atoms with Gasteiger partial charge in [-0.2, -0.15) is 0 Å². The molecule has 0 atom stereocenters. The van der Waals surface area contributed by atoms with Crippen molar-refractivity contribution in [1.29, 1.82) is 0 Å². The molecule has 70 valence electrons. The van der Waals surface area contributed by atoms with E-state index in [0.717, 1.165) is 12.1 Å². The Bertz CT molecular complexity index is 325. The molecule has 0 unspecified atom stereocenters. The van der Waals surface area contributed by atoms with Crippen molar-refractivity contribution in [3.63, 3.8) is 0 Å². The number of benzene rings is 1. The lowest BCUT2D eigenvalue weighted by atomic mass is 10.1. The van der Waals surface area contributed by atoms with E-state index in [1.807, 2.05) is 0 Å². The Balaban J connectivity index is 3.28. The second-order valence-corrected chi connectivity index (χ2v) is 2.98. The number of carbonyl (C=O) groups is 1. The average molecular weight is 247 g/mol. The summed E-state index contributed by atoms with van der Waals surface area (Å²) >= 11 is 2.90. The monoisotopic (exact) mass is 246 g/mol. The Morgan fingerprint density at radius 1 is 1.23 bits per heavy atom. The number of alkyl halides is 1. The number of halogens is 1. The van der Waals surface area contributed by atoms with E-state index in [2.05, 4.69) is 15.9 Å². The third-order valence-corrected chi connectivity index (χ3v) is 1.99. The number of phenolic OH excluding ortho intramolecular Hbond substituents is 3. The van der Waals surface area contributed by atoms with Gasteiger partial charge in [0.05, 0.1) is 5.33 Å². The third-order valence-electron chi connectivity index (χ3n) is 1.48. The molecule has 0 aromatic heterocycles. The van der Waals surface area contributed by atoms with Crippen molar-refractivity contribution in [3.8, 4) is 17.2 Å². The molecule has 0 aliphatic carbocycles. The molecule has 0 radical (unpaired) electrons. The second-order valence-electron chi connectivity index (χ2n) is 2.42. The van der Waals surface area contributed by atoms with Gasteiger partial charge in [-0.05, 0) is 0 Å². The van der Waals surface area contributed by atoms with E-state index in [1.165, 1.54) is 0 Å². The van der Waals surface area contributed by atoms with Gasteiger partial charge in [-0.3, -0.25) is 4.79 Å². The summed E-state index contributed by atoms with van der Waals surface area (Å²) in [4.78, 5) is 11.1. The predicted molar refractivity (Wildman–Crippen MR) is 49.6 cm³/mol. The Kier molecular flexibility index (Phi) is 2.77. The highest BCUT2D eigenvalue weighted by molar-refractivity contribution is 9.09. The topological polar surface area (TPSA) is 77.8 Å². The molecule has 1 rings (SSSR count). The van der Waals surface area contributed by atoms with Crippen LogP contribution in [0.2, 0.25) is 0 Å². The lowest BCUT2D eigenvalue weighted by Gasteiger charge is -2.04. The summed E-state index contributed by atoms with van der Waals surface area (Å²) in [5, 5.41) is 27.4. The van der Waals surface area contributed by atoms with Crippen LogP contribution in [-0.4, -0.2) is 26.4 Å². The molecular formula is C8H7BrO4. The maximum Gasteiger partial charge on any atom is 0.180 e. The lowest BCUT2D eigenvalue weighted by molar-refractivity contribution is 0.101. The predicted octanol–water partition coefficient (Wildman–Crippen LogP) is 1.38.